The number of anilines is 1. The summed E-state index contributed by atoms with van der Waals surface area (Å²) in [6.45, 7) is 1.04. The van der Waals surface area contributed by atoms with Crippen molar-refractivity contribution in [2.45, 2.75) is 13.1 Å². The summed E-state index contributed by atoms with van der Waals surface area (Å²) in [6.07, 6.45) is 1.80. The molecule has 0 bridgehead atoms. The average molecular weight is 327 g/mol. The number of methoxy groups -OCH3 is 1. The van der Waals surface area contributed by atoms with Crippen LogP contribution in [0.4, 0.5) is 5.69 Å². The molecule has 19 heavy (non-hydrogen) atoms. The minimum atomic E-state index is 0.0513. The van der Waals surface area contributed by atoms with E-state index in [0.717, 1.165) is 21.6 Å². The second-order valence-electron chi connectivity index (χ2n) is 3.89. The van der Waals surface area contributed by atoms with E-state index in [0.29, 0.717) is 13.1 Å². The first kappa shape index (κ1) is 13.8. The van der Waals surface area contributed by atoms with Crippen molar-refractivity contribution in [3.63, 3.8) is 0 Å². The molecule has 0 saturated carbocycles. The smallest absolute Gasteiger partial charge is 0.142 e. The van der Waals surface area contributed by atoms with Crippen molar-refractivity contribution in [1.29, 1.82) is 0 Å². The van der Waals surface area contributed by atoms with E-state index in [9.17, 15) is 0 Å². The average Bonchev–Trinajstić information content (AvgIpc) is 2.85. The third kappa shape index (κ3) is 3.68. The number of aliphatic hydroxyl groups excluding tert-OH is 1. The normalized spacial score (nSPS) is 10.5. The van der Waals surface area contributed by atoms with Crippen LogP contribution in [0, 0.1) is 0 Å². The number of nitrogens with zero attached hydrogens (tertiary/aromatic N) is 3. The molecule has 6 nitrogen and oxygen atoms in total. The predicted octanol–water partition coefficient (Wildman–Crippen LogP) is 1.65. The first-order valence-corrected chi connectivity index (χ1v) is 6.59. The Balaban J connectivity index is 2.03. The van der Waals surface area contributed by atoms with Gasteiger partial charge in [-0.2, -0.15) is 0 Å². The Morgan fingerprint density at radius 3 is 3.05 bits per heavy atom. The van der Waals surface area contributed by atoms with Crippen molar-refractivity contribution in [1.82, 2.24) is 15.0 Å². The van der Waals surface area contributed by atoms with Crippen LogP contribution in [0.3, 0.4) is 0 Å². The van der Waals surface area contributed by atoms with Gasteiger partial charge in [0.25, 0.3) is 0 Å². The fourth-order valence-corrected chi connectivity index (χ4v) is 2.00. The van der Waals surface area contributed by atoms with Gasteiger partial charge >= 0.3 is 0 Å². The van der Waals surface area contributed by atoms with Crippen molar-refractivity contribution < 1.29 is 9.84 Å². The first-order valence-electron chi connectivity index (χ1n) is 5.80. The molecule has 102 valence electrons. The van der Waals surface area contributed by atoms with E-state index in [1.54, 1.807) is 18.0 Å². The number of halogens is 1. The van der Waals surface area contributed by atoms with Crippen molar-refractivity contribution >= 4 is 21.6 Å². The molecule has 0 radical (unpaired) electrons. The highest BCUT2D eigenvalue weighted by Gasteiger charge is 2.05. The molecular weight excluding hydrogens is 312 g/mol. The van der Waals surface area contributed by atoms with Crippen LogP contribution in [0.5, 0.6) is 5.75 Å². The Hall–Kier alpha value is -1.60. The monoisotopic (exact) mass is 326 g/mol. The topological polar surface area (TPSA) is 72.2 Å². The lowest BCUT2D eigenvalue weighted by Gasteiger charge is -2.10. The number of hydrogen-bond donors (Lipinski definition) is 2. The van der Waals surface area contributed by atoms with Crippen LogP contribution in [0.15, 0.2) is 28.9 Å². The highest BCUT2D eigenvalue weighted by molar-refractivity contribution is 9.10. The van der Waals surface area contributed by atoms with E-state index in [1.807, 2.05) is 18.2 Å². The number of aliphatic hydroxyl groups is 1. The van der Waals surface area contributed by atoms with Gasteiger partial charge in [0, 0.05) is 4.47 Å². The molecule has 1 heterocycles. The van der Waals surface area contributed by atoms with Gasteiger partial charge in [0.1, 0.15) is 11.4 Å². The van der Waals surface area contributed by atoms with Crippen molar-refractivity contribution in [3.8, 4) is 5.75 Å². The molecule has 7 heteroatoms. The maximum absolute atomic E-state index is 8.81. The highest BCUT2D eigenvalue weighted by Crippen LogP contribution is 2.28. The van der Waals surface area contributed by atoms with Crippen LogP contribution >= 0.6 is 15.9 Å². The molecule has 1 aromatic heterocycles. The SMILES string of the molecule is COc1ccc(Br)cc1NCc1cn(CCO)nn1. The number of ether oxygens (including phenoxy) is 1. The Labute approximate surface area is 119 Å². The van der Waals surface area contributed by atoms with Gasteiger partial charge in [-0.1, -0.05) is 21.1 Å². The Kier molecular flexibility index (Phi) is 4.75. The van der Waals surface area contributed by atoms with Crippen LogP contribution in [-0.2, 0) is 13.1 Å². The van der Waals surface area contributed by atoms with E-state index in [-0.39, 0.29) is 6.61 Å². The summed E-state index contributed by atoms with van der Waals surface area (Å²) < 4.78 is 7.85. The van der Waals surface area contributed by atoms with Gasteiger partial charge in [-0.15, -0.1) is 5.10 Å². The van der Waals surface area contributed by atoms with Gasteiger partial charge < -0.3 is 15.2 Å². The minimum Gasteiger partial charge on any atom is -0.495 e. The Morgan fingerprint density at radius 1 is 1.47 bits per heavy atom. The summed E-state index contributed by atoms with van der Waals surface area (Å²) in [5.74, 6) is 0.769. The summed E-state index contributed by atoms with van der Waals surface area (Å²) in [5.41, 5.74) is 1.68. The molecule has 0 saturated heterocycles. The minimum absolute atomic E-state index is 0.0513. The number of hydrogen-bond acceptors (Lipinski definition) is 5. The number of aromatic nitrogens is 3. The summed E-state index contributed by atoms with van der Waals surface area (Å²) in [6, 6.07) is 5.74. The molecule has 2 N–H and O–H groups in total. The van der Waals surface area contributed by atoms with Crippen LogP contribution < -0.4 is 10.1 Å². The zero-order chi connectivity index (χ0) is 13.7. The first-order chi connectivity index (χ1) is 9.22. The summed E-state index contributed by atoms with van der Waals surface area (Å²) >= 11 is 3.42. The van der Waals surface area contributed by atoms with Gasteiger partial charge in [-0.05, 0) is 18.2 Å². The van der Waals surface area contributed by atoms with Gasteiger partial charge in [0.2, 0.25) is 0 Å². The zero-order valence-electron chi connectivity index (χ0n) is 10.5. The molecular formula is C12H15BrN4O2. The summed E-state index contributed by atoms with van der Waals surface area (Å²) in [7, 11) is 1.63. The molecule has 0 spiro atoms. The summed E-state index contributed by atoms with van der Waals surface area (Å²) in [4.78, 5) is 0. The largest absolute Gasteiger partial charge is 0.495 e. The van der Waals surface area contributed by atoms with E-state index >= 15 is 0 Å². The second-order valence-corrected chi connectivity index (χ2v) is 4.81. The van der Waals surface area contributed by atoms with Crippen LogP contribution in [-0.4, -0.2) is 33.8 Å². The van der Waals surface area contributed by atoms with Crippen LogP contribution in [0.2, 0.25) is 0 Å². The lowest BCUT2D eigenvalue weighted by Crippen LogP contribution is -2.03. The maximum atomic E-state index is 8.81. The van der Waals surface area contributed by atoms with E-state index in [2.05, 4.69) is 31.6 Å². The lowest BCUT2D eigenvalue weighted by atomic mass is 10.3. The highest BCUT2D eigenvalue weighted by atomic mass is 79.9. The fourth-order valence-electron chi connectivity index (χ4n) is 1.64. The predicted molar refractivity (Wildman–Crippen MR) is 75.1 cm³/mol. The third-order valence-corrected chi connectivity index (χ3v) is 3.03. The van der Waals surface area contributed by atoms with Crippen LogP contribution in [0.25, 0.3) is 0 Å². The standard InChI is InChI=1S/C12H15BrN4O2/c1-19-12-3-2-9(13)6-11(12)14-7-10-8-17(4-5-18)16-15-10/h2-3,6,8,14,18H,4-5,7H2,1H3. The zero-order valence-corrected chi connectivity index (χ0v) is 12.1. The quantitative estimate of drug-likeness (QED) is 0.844. The molecule has 0 fully saturated rings. The molecule has 2 rings (SSSR count). The Morgan fingerprint density at radius 2 is 2.32 bits per heavy atom. The second kappa shape index (κ2) is 6.53. The third-order valence-electron chi connectivity index (χ3n) is 2.54. The van der Waals surface area contributed by atoms with E-state index < -0.39 is 0 Å². The molecule has 0 atom stereocenters. The molecule has 0 aliphatic heterocycles. The molecule has 0 aliphatic rings. The fraction of sp³-hybridized carbons (Fsp3) is 0.333. The number of nitrogens with one attached hydrogen (secondary N) is 1. The van der Waals surface area contributed by atoms with Crippen LogP contribution in [0.1, 0.15) is 5.69 Å². The number of rotatable bonds is 6. The molecule has 0 unspecified atom stereocenters. The van der Waals surface area contributed by atoms with Gasteiger partial charge in [0.15, 0.2) is 0 Å². The Bertz CT molecular complexity index is 544. The molecule has 0 aliphatic carbocycles. The molecule has 2 aromatic rings. The lowest BCUT2D eigenvalue weighted by molar-refractivity contribution is 0.268. The molecule has 0 amide bonds. The van der Waals surface area contributed by atoms with Crippen molar-refractivity contribution in [3.05, 3.63) is 34.6 Å². The van der Waals surface area contributed by atoms with Gasteiger partial charge in [-0.3, -0.25) is 0 Å². The maximum Gasteiger partial charge on any atom is 0.142 e. The van der Waals surface area contributed by atoms with E-state index in [1.165, 1.54) is 0 Å². The van der Waals surface area contributed by atoms with E-state index in [4.69, 9.17) is 9.84 Å². The van der Waals surface area contributed by atoms with Gasteiger partial charge in [-0.25, -0.2) is 4.68 Å². The van der Waals surface area contributed by atoms with Crippen molar-refractivity contribution in [2.75, 3.05) is 19.0 Å². The summed E-state index contributed by atoms with van der Waals surface area (Å²) in [5, 5.41) is 20.0. The van der Waals surface area contributed by atoms with Gasteiger partial charge in [0.05, 0.1) is 38.7 Å². The molecule has 1 aromatic carbocycles. The number of benzene rings is 1. The van der Waals surface area contributed by atoms with Crippen molar-refractivity contribution in [2.24, 2.45) is 0 Å².